The summed E-state index contributed by atoms with van der Waals surface area (Å²) in [6.45, 7) is 4.37. The van der Waals surface area contributed by atoms with Crippen molar-refractivity contribution in [1.82, 2.24) is 10.0 Å². The summed E-state index contributed by atoms with van der Waals surface area (Å²) in [6.07, 6.45) is 1.91. The molecule has 0 bridgehead atoms. The number of rotatable bonds is 4. The minimum absolute atomic E-state index is 0. The highest BCUT2D eigenvalue weighted by Gasteiger charge is 2.28. The Kier molecular flexibility index (Phi) is 6.78. The van der Waals surface area contributed by atoms with Crippen LogP contribution in [-0.4, -0.2) is 28.1 Å². The number of hydrogen-bond donors (Lipinski definition) is 2. The highest BCUT2D eigenvalue weighted by atomic mass is 35.5. The van der Waals surface area contributed by atoms with E-state index >= 15 is 0 Å². The van der Waals surface area contributed by atoms with E-state index in [1.807, 2.05) is 0 Å². The third-order valence-electron chi connectivity index (χ3n) is 3.70. The number of benzene rings is 1. The van der Waals surface area contributed by atoms with E-state index in [0.717, 1.165) is 25.9 Å². The lowest BCUT2D eigenvalue weighted by Gasteiger charge is -2.34. The Hall–Kier alpha value is -0.0400. The third-order valence-corrected chi connectivity index (χ3v) is 5.84. The van der Waals surface area contributed by atoms with Gasteiger partial charge in [-0.3, -0.25) is 0 Å². The van der Waals surface area contributed by atoms with Crippen LogP contribution in [0.3, 0.4) is 0 Å². The minimum Gasteiger partial charge on any atom is -0.317 e. The number of hydrogen-bond acceptors (Lipinski definition) is 3. The molecule has 0 aromatic heterocycles. The third kappa shape index (κ3) is 4.98. The van der Waals surface area contributed by atoms with Crippen LogP contribution in [0.1, 0.15) is 19.8 Å². The van der Waals surface area contributed by atoms with E-state index in [-0.39, 0.29) is 27.7 Å². The van der Waals surface area contributed by atoms with E-state index in [1.54, 1.807) is 0 Å². The van der Waals surface area contributed by atoms with Gasteiger partial charge in [0.15, 0.2) is 0 Å². The molecule has 1 heterocycles. The number of sulfonamides is 1. The second-order valence-electron chi connectivity index (χ2n) is 5.46. The summed E-state index contributed by atoms with van der Waals surface area (Å²) in [6, 6.07) is 4.32. The van der Waals surface area contributed by atoms with Crippen molar-refractivity contribution in [2.24, 2.45) is 5.41 Å². The van der Waals surface area contributed by atoms with Gasteiger partial charge in [-0.05, 0) is 49.5 Å². The van der Waals surface area contributed by atoms with Crippen LogP contribution in [0, 0.1) is 5.41 Å². The van der Waals surface area contributed by atoms with Gasteiger partial charge in [0.05, 0.1) is 14.9 Å². The first kappa shape index (κ1) is 19.0. The van der Waals surface area contributed by atoms with E-state index in [4.69, 9.17) is 23.2 Å². The average Bonchev–Trinajstić information content (AvgIpc) is 2.41. The number of piperidine rings is 1. The van der Waals surface area contributed by atoms with Crippen molar-refractivity contribution in [3.8, 4) is 0 Å². The molecule has 0 atom stereocenters. The molecule has 21 heavy (non-hydrogen) atoms. The predicted molar refractivity (Wildman–Crippen MR) is 89.1 cm³/mol. The molecule has 120 valence electrons. The van der Waals surface area contributed by atoms with Crippen LogP contribution >= 0.6 is 35.6 Å². The van der Waals surface area contributed by atoms with Crippen molar-refractivity contribution in [3.05, 3.63) is 28.2 Å². The molecule has 0 unspecified atom stereocenters. The largest absolute Gasteiger partial charge is 0.317 e. The van der Waals surface area contributed by atoms with Gasteiger partial charge in [-0.2, -0.15) is 0 Å². The molecule has 1 aliphatic heterocycles. The molecule has 0 amide bonds. The van der Waals surface area contributed by atoms with E-state index in [2.05, 4.69) is 17.0 Å². The van der Waals surface area contributed by atoms with E-state index in [1.165, 1.54) is 18.2 Å². The molecule has 1 saturated heterocycles. The molecule has 1 aromatic rings. The van der Waals surface area contributed by atoms with Gasteiger partial charge in [-0.15, -0.1) is 12.4 Å². The molecular weight excluding hydrogens is 355 g/mol. The number of halogens is 3. The molecule has 0 spiro atoms. The lowest BCUT2D eigenvalue weighted by molar-refractivity contribution is 0.232. The van der Waals surface area contributed by atoms with Gasteiger partial charge in [0.25, 0.3) is 0 Å². The Bertz CT molecular complexity index is 587. The molecule has 8 heteroatoms. The molecule has 1 aromatic carbocycles. The number of nitrogens with one attached hydrogen (secondary N) is 2. The highest BCUT2D eigenvalue weighted by Crippen LogP contribution is 2.28. The van der Waals surface area contributed by atoms with Crippen molar-refractivity contribution in [1.29, 1.82) is 0 Å². The monoisotopic (exact) mass is 372 g/mol. The zero-order chi connectivity index (χ0) is 14.8. The predicted octanol–water partition coefficient (Wildman–Crippen LogP) is 3.08. The first-order valence-electron chi connectivity index (χ1n) is 6.48. The summed E-state index contributed by atoms with van der Waals surface area (Å²) < 4.78 is 27.2. The van der Waals surface area contributed by atoms with Gasteiger partial charge in [0.1, 0.15) is 0 Å². The Morgan fingerprint density at radius 1 is 1.24 bits per heavy atom. The normalized spacial score (nSPS) is 18.0. The fraction of sp³-hybridized carbons (Fsp3) is 0.538. The lowest BCUT2D eigenvalue weighted by Crippen LogP contribution is -2.42. The maximum Gasteiger partial charge on any atom is 0.240 e. The van der Waals surface area contributed by atoms with Crippen LogP contribution in [0.2, 0.25) is 10.0 Å². The molecular formula is C13H19Cl3N2O2S. The smallest absolute Gasteiger partial charge is 0.240 e. The summed E-state index contributed by atoms with van der Waals surface area (Å²) in [7, 11) is -3.55. The molecule has 1 aliphatic rings. The SMILES string of the molecule is CC1(CNS(=O)(=O)c2ccc(Cl)c(Cl)c2)CCNCC1.Cl. The molecule has 4 nitrogen and oxygen atoms in total. The maximum absolute atomic E-state index is 12.3. The average molecular weight is 374 g/mol. The molecule has 0 aliphatic carbocycles. The fourth-order valence-electron chi connectivity index (χ4n) is 2.20. The second-order valence-corrected chi connectivity index (χ2v) is 8.04. The Labute approximate surface area is 142 Å². The molecule has 2 rings (SSSR count). The van der Waals surface area contributed by atoms with E-state index in [0.29, 0.717) is 11.6 Å². The van der Waals surface area contributed by atoms with Gasteiger partial charge < -0.3 is 5.32 Å². The van der Waals surface area contributed by atoms with Crippen LogP contribution in [0.15, 0.2) is 23.1 Å². The summed E-state index contributed by atoms with van der Waals surface area (Å²) in [5.41, 5.74) is -0.00542. The summed E-state index contributed by atoms with van der Waals surface area (Å²) in [5.74, 6) is 0. The molecule has 1 fully saturated rings. The lowest BCUT2D eigenvalue weighted by atomic mass is 9.81. The van der Waals surface area contributed by atoms with Crippen molar-refractivity contribution >= 4 is 45.6 Å². The van der Waals surface area contributed by atoms with Crippen LogP contribution in [0.5, 0.6) is 0 Å². The molecule has 0 saturated carbocycles. The Morgan fingerprint density at radius 2 is 1.86 bits per heavy atom. The van der Waals surface area contributed by atoms with Crippen LogP contribution in [-0.2, 0) is 10.0 Å². The van der Waals surface area contributed by atoms with Crippen LogP contribution < -0.4 is 10.0 Å². The highest BCUT2D eigenvalue weighted by molar-refractivity contribution is 7.89. The summed E-state index contributed by atoms with van der Waals surface area (Å²) >= 11 is 11.7. The first-order chi connectivity index (χ1) is 9.32. The Balaban J connectivity index is 0.00000220. The van der Waals surface area contributed by atoms with Gasteiger partial charge in [-0.1, -0.05) is 30.1 Å². The Morgan fingerprint density at radius 3 is 2.43 bits per heavy atom. The standard InChI is InChI=1S/C13H18Cl2N2O2S.ClH/c1-13(4-6-16-7-5-13)9-17-20(18,19)10-2-3-11(14)12(15)8-10;/h2-3,8,16-17H,4-7,9H2,1H3;1H. The topological polar surface area (TPSA) is 58.2 Å². The van der Waals surface area contributed by atoms with E-state index in [9.17, 15) is 8.42 Å². The van der Waals surface area contributed by atoms with Gasteiger partial charge in [-0.25, -0.2) is 13.1 Å². The second kappa shape index (κ2) is 7.49. The van der Waals surface area contributed by atoms with Crippen LogP contribution in [0.4, 0.5) is 0 Å². The van der Waals surface area contributed by atoms with Gasteiger partial charge in [0.2, 0.25) is 10.0 Å². The molecule has 2 N–H and O–H groups in total. The van der Waals surface area contributed by atoms with E-state index < -0.39 is 10.0 Å². The minimum atomic E-state index is -3.55. The van der Waals surface area contributed by atoms with Crippen LogP contribution in [0.25, 0.3) is 0 Å². The fourth-order valence-corrected chi connectivity index (χ4v) is 3.79. The molecule has 0 radical (unpaired) electrons. The van der Waals surface area contributed by atoms with Gasteiger partial charge >= 0.3 is 0 Å². The zero-order valence-electron chi connectivity index (χ0n) is 11.7. The zero-order valence-corrected chi connectivity index (χ0v) is 14.8. The van der Waals surface area contributed by atoms with Crippen molar-refractivity contribution in [2.45, 2.75) is 24.7 Å². The quantitative estimate of drug-likeness (QED) is 0.852. The van der Waals surface area contributed by atoms with Crippen molar-refractivity contribution in [3.63, 3.8) is 0 Å². The van der Waals surface area contributed by atoms with Crippen molar-refractivity contribution < 1.29 is 8.42 Å². The van der Waals surface area contributed by atoms with Crippen molar-refractivity contribution in [2.75, 3.05) is 19.6 Å². The summed E-state index contributed by atoms with van der Waals surface area (Å²) in [4.78, 5) is 0.143. The van der Waals surface area contributed by atoms with Gasteiger partial charge in [0, 0.05) is 6.54 Å². The maximum atomic E-state index is 12.3. The first-order valence-corrected chi connectivity index (χ1v) is 8.72. The summed E-state index contributed by atoms with van der Waals surface area (Å²) in [5, 5.41) is 3.86.